The summed E-state index contributed by atoms with van der Waals surface area (Å²) in [6, 6.07) is 10.3. The third-order valence-electron chi connectivity index (χ3n) is 5.02. The molecular weight excluding hydrogens is 304 g/mol. The Morgan fingerprint density at radius 1 is 1.33 bits per heavy atom. The van der Waals surface area contributed by atoms with Crippen molar-refractivity contribution in [1.29, 1.82) is 0 Å². The van der Waals surface area contributed by atoms with Crippen LogP contribution in [0.15, 0.2) is 30.3 Å². The lowest BCUT2D eigenvalue weighted by Crippen LogP contribution is -2.43. The number of nitrogens with zero attached hydrogens (tertiary/aromatic N) is 2. The molecule has 1 aromatic rings. The van der Waals surface area contributed by atoms with E-state index in [-0.39, 0.29) is 18.1 Å². The molecule has 0 aliphatic carbocycles. The van der Waals surface area contributed by atoms with Crippen LogP contribution >= 0.6 is 0 Å². The zero-order valence-electron chi connectivity index (χ0n) is 14.7. The molecule has 2 aliphatic rings. The van der Waals surface area contributed by atoms with Crippen LogP contribution in [0.5, 0.6) is 0 Å². The maximum Gasteiger partial charge on any atom is 0.251 e. The van der Waals surface area contributed by atoms with E-state index in [0.717, 1.165) is 39.1 Å². The number of likely N-dealkylation sites (N-methyl/N-ethyl adjacent to an activating group) is 1. The fraction of sp³-hybridized carbons (Fsp3) is 0.632. The van der Waals surface area contributed by atoms with Gasteiger partial charge in [-0.05, 0) is 30.9 Å². The first-order valence-electron chi connectivity index (χ1n) is 8.84. The average Bonchev–Trinajstić information content (AvgIpc) is 3.02. The molecule has 0 N–H and O–H groups in total. The first-order valence-corrected chi connectivity index (χ1v) is 8.84. The van der Waals surface area contributed by atoms with Crippen molar-refractivity contribution in [3.63, 3.8) is 0 Å². The van der Waals surface area contributed by atoms with Gasteiger partial charge in [0.25, 0.3) is 5.91 Å². The second-order valence-electron chi connectivity index (χ2n) is 7.02. The van der Waals surface area contributed by atoms with Gasteiger partial charge in [-0.3, -0.25) is 9.69 Å². The molecule has 0 saturated carbocycles. The molecule has 1 aromatic carbocycles. The van der Waals surface area contributed by atoms with Gasteiger partial charge in [0.15, 0.2) is 0 Å². The summed E-state index contributed by atoms with van der Waals surface area (Å²) in [6.07, 6.45) is 1.94. The molecule has 2 fully saturated rings. The number of amides is 1. The van der Waals surface area contributed by atoms with Gasteiger partial charge < -0.3 is 14.4 Å². The van der Waals surface area contributed by atoms with E-state index >= 15 is 0 Å². The maximum absolute atomic E-state index is 12.1. The lowest BCUT2D eigenvalue weighted by atomic mass is 9.91. The second kappa shape index (κ2) is 8.10. The van der Waals surface area contributed by atoms with Crippen molar-refractivity contribution in [2.75, 3.05) is 40.3 Å². The Morgan fingerprint density at radius 2 is 2.12 bits per heavy atom. The molecule has 0 spiro atoms. The Bertz CT molecular complexity index is 535. The van der Waals surface area contributed by atoms with E-state index < -0.39 is 0 Å². The Hall–Kier alpha value is -1.43. The zero-order valence-corrected chi connectivity index (χ0v) is 14.7. The average molecular weight is 332 g/mol. The summed E-state index contributed by atoms with van der Waals surface area (Å²) in [7, 11) is 3.59. The minimum atomic E-state index is -0.246. The monoisotopic (exact) mass is 332 g/mol. The molecule has 24 heavy (non-hydrogen) atoms. The summed E-state index contributed by atoms with van der Waals surface area (Å²) in [5, 5.41) is 0. The van der Waals surface area contributed by atoms with Crippen molar-refractivity contribution in [3.05, 3.63) is 35.9 Å². The largest absolute Gasteiger partial charge is 0.375 e. The van der Waals surface area contributed by atoms with Crippen LogP contribution < -0.4 is 0 Å². The van der Waals surface area contributed by atoms with E-state index in [0.29, 0.717) is 12.5 Å². The fourth-order valence-electron chi connectivity index (χ4n) is 3.60. The Labute approximate surface area is 144 Å². The zero-order chi connectivity index (χ0) is 16.9. The summed E-state index contributed by atoms with van der Waals surface area (Å²) >= 11 is 0. The van der Waals surface area contributed by atoms with Crippen molar-refractivity contribution >= 4 is 5.91 Å². The Balaban J connectivity index is 1.38. The number of likely N-dealkylation sites (tertiary alicyclic amines) is 1. The highest BCUT2D eigenvalue weighted by Crippen LogP contribution is 2.33. The highest BCUT2D eigenvalue weighted by molar-refractivity contribution is 5.80. The summed E-state index contributed by atoms with van der Waals surface area (Å²) in [6.45, 7) is 4.30. The van der Waals surface area contributed by atoms with E-state index in [4.69, 9.17) is 9.47 Å². The van der Waals surface area contributed by atoms with Gasteiger partial charge >= 0.3 is 0 Å². The van der Waals surface area contributed by atoms with Crippen LogP contribution in [0.1, 0.15) is 18.4 Å². The van der Waals surface area contributed by atoms with Crippen LogP contribution in [0.4, 0.5) is 0 Å². The van der Waals surface area contributed by atoms with Gasteiger partial charge in [-0.25, -0.2) is 0 Å². The predicted octanol–water partition coefficient (Wildman–Crippen LogP) is 1.77. The van der Waals surface area contributed by atoms with Crippen molar-refractivity contribution in [2.24, 2.45) is 5.92 Å². The van der Waals surface area contributed by atoms with Crippen molar-refractivity contribution < 1.29 is 14.3 Å². The van der Waals surface area contributed by atoms with Crippen molar-refractivity contribution in [1.82, 2.24) is 9.80 Å². The van der Waals surface area contributed by atoms with E-state index in [1.807, 2.05) is 18.2 Å². The molecule has 5 nitrogen and oxygen atoms in total. The Kier molecular flexibility index (Phi) is 5.87. The fourth-order valence-corrected chi connectivity index (χ4v) is 3.60. The molecule has 2 heterocycles. The normalized spacial score (nSPS) is 27.0. The number of carbonyl (C=O) groups is 1. The molecule has 132 valence electrons. The topological polar surface area (TPSA) is 42.0 Å². The number of carbonyl (C=O) groups excluding carboxylic acids is 1. The van der Waals surface area contributed by atoms with Gasteiger partial charge in [0.05, 0.1) is 19.3 Å². The standard InChI is InChI=1S/C19H28N2O3/c1-20(2)19(22)17-12-16-8-9-21(13-18(16)24-17)10-11-23-14-15-6-4-3-5-7-15/h3-7,16-18H,8-14H2,1-2H3/t16-,17-,18-/m0/s1. The Morgan fingerprint density at radius 3 is 2.88 bits per heavy atom. The van der Waals surface area contributed by atoms with Gasteiger partial charge in [-0.1, -0.05) is 30.3 Å². The number of piperidine rings is 1. The SMILES string of the molecule is CN(C)C(=O)[C@@H]1C[C@@H]2CCN(CCOCc3ccccc3)C[C@@H]2O1. The molecule has 0 aromatic heterocycles. The van der Waals surface area contributed by atoms with Gasteiger partial charge in [-0.15, -0.1) is 0 Å². The molecule has 3 atom stereocenters. The highest BCUT2D eigenvalue weighted by Gasteiger charge is 2.42. The van der Waals surface area contributed by atoms with E-state index in [1.165, 1.54) is 5.56 Å². The van der Waals surface area contributed by atoms with Crippen LogP contribution in [0.3, 0.4) is 0 Å². The predicted molar refractivity (Wildman–Crippen MR) is 92.6 cm³/mol. The van der Waals surface area contributed by atoms with Crippen LogP contribution in [0.25, 0.3) is 0 Å². The number of fused-ring (bicyclic) bond motifs is 1. The van der Waals surface area contributed by atoms with Crippen LogP contribution in [-0.4, -0.2) is 68.3 Å². The summed E-state index contributed by atoms with van der Waals surface area (Å²) in [4.78, 5) is 16.1. The van der Waals surface area contributed by atoms with Crippen molar-refractivity contribution in [2.45, 2.75) is 31.7 Å². The molecule has 5 heteroatoms. The molecular formula is C19H28N2O3. The summed E-state index contributed by atoms with van der Waals surface area (Å²) in [5.41, 5.74) is 1.21. The molecule has 1 amide bonds. The summed E-state index contributed by atoms with van der Waals surface area (Å²) in [5.74, 6) is 0.627. The smallest absolute Gasteiger partial charge is 0.251 e. The third-order valence-corrected chi connectivity index (χ3v) is 5.02. The molecule has 3 rings (SSSR count). The van der Waals surface area contributed by atoms with Crippen LogP contribution in [-0.2, 0) is 20.9 Å². The van der Waals surface area contributed by atoms with E-state index in [9.17, 15) is 4.79 Å². The third kappa shape index (κ3) is 4.35. The molecule has 2 saturated heterocycles. The molecule has 2 aliphatic heterocycles. The number of hydrogen-bond acceptors (Lipinski definition) is 4. The maximum atomic E-state index is 12.1. The molecule has 0 bridgehead atoms. The van der Waals surface area contributed by atoms with Gasteiger partial charge in [0, 0.05) is 27.2 Å². The van der Waals surface area contributed by atoms with E-state index in [1.54, 1.807) is 19.0 Å². The molecule has 0 unspecified atom stereocenters. The van der Waals surface area contributed by atoms with E-state index in [2.05, 4.69) is 17.0 Å². The lowest BCUT2D eigenvalue weighted by Gasteiger charge is -2.33. The van der Waals surface area contributed by atoms with Gasteiger partial charge in [0.1, 0.15) is 6.10 Å². The molecule has 0 radical (unpaired) electrons. The lowest BCUT2D eigenvalue weighted by molar-refractivity contribution is -0.141. The second-order valence-corrected chi connectivity index (χ2v) is 7.02. The van der Waals surface area contributed by atoms with Crippen LogP contribution in [0.2, 0.25) is 0 Å². The quantitative estimate of drug-likeness (QED) is 0.745. The first-order chi connectivity index (χ1) is 11.6. The number of benzene rings is 1. The highest BCUT2D eigenvalue weighted by atomic mass is 16.5. The first kappa shape index (κ1) is 17.4. The minimum absolute atomic E-state index is 0.0992. The number of hydrogen-bond donors (Lipinski definition) is 0. The van der Waals surface area contributed by atoms with Crippen molar-refractivity contribution in [3.8, 4) is 0 Å². The van der Waals surface area contributed by atoms with Gasteiger partial charge in [0.2, 0.25) is 0 Å². The van der Waals surface area contributed by atoms with Gasteiger partial charge in [-0.2, -0.15) is 0 Å². The van der Waals surface area contributed by atoms with Crippen LogP contribution in [0, 0.1) is 5.92 Å². The number of ether oxygens (including phenoxy) is 2. The number of rotatable bonds is 6. The minimum Gasteiger partial charge on any atom is -0.375 e. The summed E-state index contributed by atoms with van der Waals surface area (Å²) < 4.78 is 11.8.